The third-order valence-electron chi connectivity index (χ3n) is 3.62. The topological polar surface area (TPSA) is 58.6 Å². The van der Waals surface area contributed by atoms with Crippen molar-refractivity contribution in [3.05, 3.63) is 22.7 Å². The maximum absolute atomic E-state index is 12.6. The molecule has 1 aromatic carbocycles. The maximum Gasteiger partial charge on any atom is 0.243 e. The molecule has 120 valence electrons. The molecule has 5 nitrogen and oxygen atoms in total. The predicted molar refractivity (Wildman–Crippen MR) is 88.8 cm³/mol. The molecule has 0 saturated carbocycles. The molecule has 0 amide bonds. The molecule has 0 unspecified atom stereocenters. The number of halogens is 2. The van der Waals surface area contributed by atoms with Crippen LogP contribution in [-0.2, 0) is 10.0 Å². The highest BCUT2D eigenvalue weighted by Gasteiger charge is 2.29. The standard InChI is InChI=1S/C13H19BrN2O3S.ClH/c1-16(10-5-7-15-8-6-10)20(17,18)11-3-4-12(14)13(9-11)19-2;/h3-4,9-10,15H,5-8H2,1-2H3;1H. The van der Waals surface area contributed by atoms with E-state index in [1.165, 1.54) is 11.4 Å². The van der Waals surface area contributed by atoms with E-state index in [0.717, 1.165) is 30.4 Å². The van der Waals surface area contributed by atoms with Crippen molar-refractivity contribution in [1.82, 2.24) is 9.62 Å². The van der Waals surface area contributed by atoms with Crippen LogP contribution in [0.15, 0.2) is 27.6 Å². The van der Waals surface area contributed by atoms with E-state index in [-0.39, 0.29) is 23.3 Å². The van der Waals surface area contributed by atoms with Crippen LogP contribution in [0.4, 0.5) is 0 Å². The van der Waals surface area contributed by atoms with E-state index in [2.05, 4.69) is 21.2 Å². The number of sulfonamides is 1. The van der Waals surface area contributed by atoms with Gasteiger partial charge in [0.25, 0.3) is 0 Å². The van der Waals surface area contributed by atoms with Crippen molar-refractivity contribution in [2.45, 2.75) is 23.8 Å². The van der Waals surface area contributed by atoms with Gasteiger partial charge in [-0.05, 0) is 54.0 Å². The molecule has 1 saturated heterocycles. The molecular weight excluding hydrogens is 380 g/mol. The van der Waals surface area contributed by atoms with Gasteiger partial charge in [0, 0.05) is 19.2 Å². The van der Waals surface area contributed by atoms with E-state index < -0.39 is 10.0 Å². The van der Waals surface area contributed by atoms with Gasteiger partial charge < -0.3 is 10.1 Å². The van der Waals surface area contributed by atoms with Crippen LogP contribution in [0.25, 0.3) is 0 Å². The molecule has 21 heavy (non-hydrogen) atoms. The third-order valence-corrected chi connectivity index (χ3v) is 6.18. The van der Waals surface area contributed by atoms with Crippen molar-refractivity contribution in [3.8, 4) is 5.75 Å². The molecule has 8 heteroatoms. The average Bonchev–Trinajstić information content (AvgIpc) is 2.47. The van der Waals surface area contributed by atoms with Crippen LogP contribution in [0.5, 0.6) is 5.75 Å². The Labute approximate surface area is 140 Å². The second-order valence-electron chi connectivity index (χ2n) is 4.80. The predicted octanol–water partition coefficient (Wildman–Crippen LogP) is 2.25. The van der Waals surface area contributed by atoms with Gasteiger partial charge in [0.05, 0.1) is 16.5 Å². The van der Waals surface area contributed by atoms with Crippen LogP contribution in [0, 0.1) is 0 Å². The Balaban J connectivity index is 0.00000220. The van der Waals surface area contributed by atoms with Crippen molar-refractivity contribution in [2.24, 2.45) is 0 Å². The number of hydrogen-bond acceptors (Lipinski definition) is 4. The van der Waals surface area contributed by atoms with E-state index in [4.69, 9.17) is 4.74 Å². The lowest BCUT2D eigenvalue weighted by molar-refractivity contribution is 0.296. The van der Waals surface area contributed by atoms with Crippen molar-refractivity contribution >= 4 is 38.4 Å². The van der Waals surface area contributed by atoms with Gasteiger partial charge >= 0.3 is 0 Å². The zero-order valence-corrected chi connectivity index (χ0v) is 15.2. The summed E-state index contributed by atoms with van der Waals surface area (Å²) in [5.74, 6) is 0.518. The number of ether oxygens (including phenoxy) is 1. The minimum atomic E-state index is -3.48. The highest BCUT2D eigenvalue weighted by atomic mass is 79.9. The number of hydrogen-bond donors (Lipinski definition) is 1. The minimum Gasteiger partial charge on any atom is -0.496 e. The molecule has 0 atom stereocenters. The Morgan fingerprint density at radius 1 is 1.33 bits per heavy atom. The van der Waals surface area contributed by atoms with Crippen LogP contribution in [-0.4, -0.2) is 46.0 Å². The smallest absolute Gasteiger partial charge is 0.243 e. The molecule has 0 aromatic heterocycles. The summed E-state index contributed by atoms with van der Waals surface area (Å²) in [7, 11) is -0.310. The summed E-state index contributed by atoms with van der Waals surface area (Å²) >= 11 is 3.33. The number of nitrogens with one attached hydrogen (secondary N) is 1. The molecule has 0 aliphatic carbocycles. The molecular formula is C13H20BrClN2O3S. The monoisotopic (exact) mass is 398 g/mol. The number of methoxy groups -OCH3 is 1. The zero-order valence-electron chi connectivity index (χ0n) is 12.0. The van der Waals surface area contributed by atoms with Gasteiger partial charge in [0.2, 0.25) is 10.0 Å². The Morgan fingerprint density at radius 2 is 1.95 bits per heavy atom. The molecule has 0 spiro atoms. The first-order valence-corrected chi connectivity index (χ1v) is 8.72. The molecule has 1 aliphatic heterocycles. The Morgan fingerprint density at radius 3 is 2.52 bits per heavy atom. The van der Waals surface area contributed by atoms with E-state index in [1.807, 2.05) is 0 Å². The summed E-state index contributed by atoms with van der Waals surface area (Å²) in [5.41, 5.74) is 0. The first kappa shape index (κ1) is 18.7. The van der Waals surface area contributed by atoms with Gasteiger partial charge in [-0.3, -0.25) is 0 Å². The lowest BCUT2D eigenvalue weighted by Crippen LogP contribution is -2.43. The summed E-state index contributed by atoms with van der Waals surface area (Å²) in [6.07, 6.45) is 1.67. The summed E-state index contributed by atoms with van der Waals surface area (Å²) in [4.78, 5) is 0.263. The first-order chi connectivity index (χ1) is 9.46. The van der Waals surface area contributed by atoms with Gasteiger partial charge in [-0.2, -0.15) is 4.31 Å². The van der Waals surface area contributed by atoms with E-state index in [9.17, 15) is 8.42 Å². The first-order valence-electron chi connectivity index (χ1n) is 6.49. The number of nitrogens with zero attached hydrogens (tertiary/aromatic N) is 1. The summed E-state index contributed by atoms with van der Waals surface area (Å²) in [6, 6.07) is 4.90. The molecule has 1 N–H and O–H groups in total. The molecule has 1 aliphatic rings. The SMILES string of the molecule is COc1cc(S(=O)(=O)N(C)C2CCNCC2)ccc1Br.Cl. The second kappa shape index (κ2) is 7.78. The molecule has 1 heterocycles. The molecule has 1 aromatic rings. The van der Waals surface area contributed by atoms with Crippen LogP contribution in [0.2, 0.25) is 0 Å². The van der Waals surface area contributed by atoms with Crippen LogP contribution in [0.1, 0.15) is 12.8 Å². The fourth-order valence-corrected chi connectivity index (χ4v) is 4.17. The maximum atomic E-state index is 12.6. The zero-order chi connectivity index (χ0) is 14.8. The normalized spacial score (nSPS) is 16.6. The van der Waals surface area contributed by atoms with Gasteiger partial charge in [0.15, 0.2) is 0 Å². The lowest BCUT2D eigenvalue weighted by atomic mass is 10.1. The van der Waals surface area contributed by atoms with Crippen LogP contribution in [0.3, 0.4) is 0 Å². The van der Waals surface area contributed by atoms with Gasteiger partial charge in [0.1, 0.15) is 5.75 Å². The largest absolute Gasteiger partial charge is 0.496 e. The molecule has 2 rings (SSSR count). The second-order valence-corrected chi connectivity index (χ2v) is 7.65. The highest BCUT2D eigenvalue weighted by molar-refractivity contribution is 9.10. The average molecular weight is 400 g/mol. The number of piperidine rings is 1. The summed E-state index contributed by atoms with van der Waals surface area (Å²) in [6.45, 7) is 1.71. The van der Waals surface area contributed by atoms with Gasteiger partial charge in [-0.15, -0.1) is 12.4 Å². The lowest BCUT2D eigenvalue weighted by Gasteiger charge is -2.30. The fraction of sp³-hybridized carbons (Fsp3) is 0.538. The van der Waals surface area contributed by atoms with Crippen LogP contribution >= 0.6 is 28.3 Å². The highest BCUT2D eigenvalue weighted by Crippen LogP contribution is 2.29. The third kappa shape index (κ3) is 4.10. The van der Waals surface area contributed by atoms with Crippen molar-refractivity contribution in [1.29, 1.82) is 0 Å². The van der Waals surface area contributed by atoms with Crippen molar-refractivity contribution < 1.29 is 13.2 Å². The summed E-state index contributed by atoms with van der Waals surface area (Å²) < 4.78 is 32.7. The fourth-order valence-electron chi connectivity index (χ4n) is 2.33. The number of benzene rings is 1. The van der Waals surface area contributed by atoms with E-state index >= 15 is 0 Å². The Kier molecular flexibility index (Phi) is 6.93. The minimum absolute atomic E-state index is 0. The Bertz CT molecular complexity index is 577. The quantitative estimate of drug-likeness (QED) is 0.843. The summed E-state index contributed by atoms with van der Waals surface area (Å²) in [5, 5.41) is 3.24. The van der Waals surface area contributed by atoms with Gasteiger partial charge in [-0.25, -0.2) is 8.42 Å². The van der Waals surface area contributed by atoms with Crippen molar-refractivity contribution in [3.63, 3.8) is 0 Å². The van der Waals surface area contributed by atoms with Crippen molar-refractivity contribution in [2.75, 3.05) is 27.2 Å². The number of rotatable bonds is 4. The van der Waals surface area contributed by atoms with E-state index in [1.54, 1.807) is 25.2 Å². The van der Waals surface area contributed by atoms with Crippen LogP contribution < -0.4 is 10.1 Å². The Hall–Kier alpha value is -0.340. The molecule has 0 radical (unpaired) electrons. The van der Waals surface area contributed by atoms with E-state index in [0.29, 0.717) is 5.75 Å². The molecule has 0 bridgehead atoms. The van der Waals surface area contributed by atoms with Gasteiger partial charge in [-0.1, -0.05) is 0 Å². The molecule has 1 fully saturated rings.